The molecule has 28 heteroatoms. The number of carbonyl (C=O) groups excluding carboxylic acids is 6. The Morgan fingerprint density at radius 1 is 0.400 bits per heavy atom. The molecule has 2 aromatic heterocycles. The van der Waals surface area contributed by atoms with E-state index < -0.39 is 11.8 Å². The molecule has 8 saturated carbocycles. The van der Waals surface area contributed by atoms with E-state index in [0.717, 1.165) is 77.5 Å². The molecule has 6 aromatic rings. The Hall–Kier alpha value is -10.5. The van der Waals surface area contributed by atoms with Crippen molar-refractivity contribution >= 4 is 59.2 Å². The summed E-state index contributed by atoms with van der Waals surface area (Å²) in [6.07, 6.45) is 24.7. The second kappa shape index (κ2) is 33.5. The van der Waals surface area contributed by atoms with Gasteiger partial charge in [0.2, 0.25) is 11.8 Å². The van der Waals surface area contributed by atoms with Crippen molar-refractivity contribution in [3.63, 3.8) is 0 Å². The lowest BCUT2D eigenvalue weighted by Crippen LogP contribution is -2.68. The van der Waals surface area contributed by atoms with Crippen LogP contribution in [-0.4, -0.2) is 263 Å². The number of amides is 10. The van der Waals surface area contributed by atoms with Gasteiger partial charge < -0.3 is 60.0 Å². The lowest BCUT2D eigenvalue weighted by atomic mass is 9.58. The highest BCUT2D eigenvalue weighted by molar-refractivity contribution is 5.98. The molecule has 4 aliphatic heterocycles. The Morgan fingerprint density at radius 3 is 0.850 bits per heavy atom. The van der Waals surface area contributed by atoms with Crippen LogP contribution in [0.2, 0.25) is 0 Å². The molecule has 4 N–H and O–H groups in total. The number of urea groups is 4. The third-order valence-corrected chi connectivity index (χ3v) is 29.7. The van der Waals surface area contributed by atoms with Crippen LogP contribution >= 0.6 is 0 Å². The highest BCUT2D eigenvalue weighted by Gasteiger charge is 2.70. The molecule has 28 nitrogen and oxygen atoms in total. The van der Waals surface area contributed by atoms with E-state index in [0.29, 0.717) is 61.2 Å². The summed E-state index contributed by atoms with van der Waals surface area (Å²) in [6.45, 7) is 20.0. The highest BCUT2D eigenvalue weighted by Crippen LogP contribution is 2.62. The SMILES string of the molecule is CN(C)C1(c2ccccc2)CC2(CN(CC(N)=O)C(=O)N2CC2CCC2)C1.CN(C)C1(c2ccccc2)CC2(CN(CC(N)=O)C(=O)N2CC2CCC2)C1.[C-]#[N+]c1ncc(N2CC3(CC(c4ccccc4)(N(C)C)C3)N(CC3CCC3)C2=O)c(OC)n1.[C-]#[N+]c1ncc(N2CC3(CC(c4ccccc4)(N(C)C)C3)N(CC3CCC3)C2=O)c(OC)n1. The first-order valence-electron chi connectivity index (χ1n) is 42.9. The van der Waals surface area contributed by atoms with E-state index >= 15 is 0 Å². The van der Waals surface area contributed by atoms with Gasteiger partial charge in [-0.05, 0) is 205 Å². The number of anilines is 2. The number of ether oxygens (including phenoxy) is 2. The molecule has 4 aromatic carbocycles. The molecule has 4 spiro atoms. The minimum absolute atomic E-state index is 0.0129. The number of aromatic nitrogens is 4. The van der Waals surface area contributed by atoms with Gasteiger partial charge in [0.15, 0.2) is 11.4 Å². The van der Waals surface area contributed by atoms with Gasteiger partial charge in [0.1, 0.15) is 25.5 Å². The predicted octanol–water partition coefficient (Wildman–Crippen LogP) is 12.1. The number of hydrogen-bond acceptors (Lipinski definition) is 16. The minimum Gasteiger partial charge on any atom is -0.468 e. The molecule has 636 valence electrons. The van der Waals surface area contributed by atoms with Crippen LogP contribution in [0.5, 0.6) is 11.8 Å². The van der Waals surface area contributed by atoms with Gasteiger partial charge in [-0.1, -0.05) is 147 Å². The smallest absolute Gasteiger partial charge is 0.374 e. The maximum Gasteiger partial charge on any atom is 0.374 e. The summed E-state index contributed by atoms with van der Waals surface area (Å²) in [4.78, 5) is 124. The first-order chi connectivity index (χ1) is 57.6. The molecule has 0 atom stereocenters. The summed E-state index contributed by atoms with van der Waals surface area (Å²) >= 11 is 0. The normalized spacial score (nSPS) is 28.6. The molecule has 18 rings (SSSR count). The molecule has 10 amide bonds. The largest absolute Gasteiger partial charge is 0.468 e. The minimum atomic E-state index is -0.440. The zero-order valence-corrected chi connectivity index (χ0v) is 71.7. The molecule has 0 bridgehead atoms. The van der Waals surface area contributed by atoms with E-state index in [1.807, 2.05) is 24.3 Å². The Morgan fingerprint density at radius 2 is 0.642 bits per heavy atom. The van der Waals surface area contributed by atoms with Gasteiger partial charge in [0.05, 0.1) is 71.6 Å². The number of hydrogen-bond donors (Lipinski definition) is 2. The van der Waals surface area contributed by atoms with Gasteiger partial charge in [-0.15, -0.1) is 23.1 Å². The summed E-state index contributed by atoms with van der Waals surface area (Å²) in [5, 5.41) is 0. The molecule has 0 radical (unpaired) electrons. The molecule has 4 saturated heterocycles. The third kappa shape index (κ3) is 15.2. The van der Waals surface area contributed by atoms with Gasteiger partial charge >= 0.3 is 47.8 Å². The van der Waals surface area contributed by atoms with E-state index in [-0.39, 0.29) is 105 Å². The van der Waals surface area contributed by atoms with Crippen molar-refractivity contribution in [2.45, 2.75) is 173 Å². The molecule has 8 aliphatic carbocycles. The van der Waals surface area contributed by atoms with Crippen LogP contribution in [0, 0.1) is 36.8 Å². The average molecular weight is 1630 g/mol. The fourth-order valence-electron chi connectivity index (χ4n) is 22.1. The molecule has 12 fully saturated rings. The highest BCUT2D eigenvalue weighted by atomic mass is 16.5. The van der Waals surface area contributed by atoms with Crippen LogP contribution < -0.4 is 30.7 Å². The van der Waals surface area contributed by atoms with Crippen LogP contribution in [0.1, 0.15) is 151 Å². The van der Waals surface area contributed by atoms with Crippen molar-refractivity contribution in [3.8, 4) is 11.8 Å². The van der Waals surface area contributed by atoms with Gasteiger partial charge in [0.25, 0.3) is 0 Å². The zero-order chi connectivity index (χ0) is 84.9. The number of benzene rings is 4. The second-order valence-electron chi connectivity index (χ2n) is 37.4. The van der Waals surface area contributed by atoms with E-state index in [1.54, 1.807) is 32.0 Å². The Labute approximate surface area is 707 Å². The zero-order valence-electron chi connectivity index (χ0n) is 71.7. The molecule has 6 heterocycles. The Balaban J connectivity index is 0.000000125. The van der Waals surface area contributed by atoms with E-state index in [9.17, 15) is 28.8 Å². The number of carbonyl (C=O) groups is 6. The first kappa shape index (κ1) is 84.5. The summed E-state index contributed by atoms with van der Waals surface area (Å²) in [6, 6.07) is 42.3. The van der Waals surface area contributed by atoms with Crippen LogP contribution in [0.4, 0.5) is 42.4 Å². The number of nitrogens with zero attached hydrogens (tertiary/aromatic N) is 18. The van der Waals surface area contributed by atoms with Crippen LogP contribution in [0.25, 0.3) is 9.69 Å². The average Bonchev–Trinajstić information content (AvgIpc) is 1.48. The van der Waals surface area contributed by atoms with Crippen molar-refractivity contribution in [2.75, 3.05) is 146 Å². The van der Waals surface area contributed by atoms with Gasteiger partial charge in [-0.25, -0.2) is 19.2 Å². The summed E-state index contributed by atoms with van der Waals surface area (Å²) in [5.41, 5.74) is 15.8. The molecule has 12 aliphatic rings. The quantitative estimate of drug-likeness (QED) is 0.0533. The lowest BCUT2D eigenvalue weighted by Gasteiger charge is -2.61. The van der Waals surface area contributed by atoms with Crippen molar-refractivity contribution in [1.29, 1.82) is 0 Å². The van der Waals surface area contributed by atoms with E-state index in [4.69, 9.17) is 34.1 Å². The first-order valence-corrected chi connectivity index (χ1v) is 42.9. The molecular formula is C92H120N20O8. The van der Waals surface area contributed by atoms with Gasteiger partial charge in [-0.3, -0.25) is 39.0 Å². The summed E-state index contributed by atoms with van der Waals surface area (Å²) in [5.74, 6) is 2.04. The van der Waals surface area contributed by atoms with Crippen LogP contribution in [0.15, 0.2) is 134 Å². The molecular weight excluding hydrogens is 1510 g/mol. The Bertz CT molecular complexity index is 4510. The summed E-state index contributed by atoms with van der Waals surface area (Å²) in [7, 11) is 20.0. The number of methoxy groups -OCH3 is 2. The maximum absolute atomic E-state index is 13.8. The van der Waals surface area contributed by atoms with Gasteiger partial charge in [0, 0.05) is 39.3 Å². The van der Waals surface area contributed by atoms with E-state index in [2.05, 4.69) is 222 Å². The standard InChI is InChI=1S/2C25H30N6O2.2C21H30N4O2/c2*1-26-22-27-13-20(21(28-22)33-4)30-17-24(31(23(30)32)14-18-9-8-10-18)15-25(16-24,29(2)3)19-11-6-5-7-12-19;2*1-23(2)21(17-9-4-3-5-10-17)13-20(14-21)15-24(12-18(22)26)19(27)25(20)11-16-7-6-8-16/h2*5-7,11-13,18H,8-10,14-17H2,2-4H3;2*3-5,9-10,16H,6-8,11-15H2,1-2H3,(H2,22,26). The third-order valence-electron chi connectivity index (χ3n) is 29.7. The van der Waals surface area contributed by atoms with Gasteiger partial charge in [-0.2, -0.15) is 9.97 Å². The Kier molecular flexibility index (Phi) is 23.6. The van der Waals surface area contributed by atoms with Crippen molar-refractivity contribution in [2.24, 2.45) is 35.1 Å². The van der Waals surface area contributed by atoms with Crippen molar-refractivity contribution in [1.82, 2.24) is 68.9 Å². The number of primary amides is 2. The topological polar surface area (TPSA) is 272 Å². The molecule has 0 unspecified atom stereocenters. The fraction of sp³-hybridized carbons (Fsp3) is 0.565. The van der Waals surface area contributed by atoms with Crippen LogP contribution in [-0.2, 0) is 31.7 Å². The summed E-state index contributed by atoms with van der Waals surface area (Å²) < 4.78 is 10.9. The predicted molar refractivity (Wildman–Crippen MR) is 459 cm³/mol. The monoisotopic (exact) mass is 1630 g/mol. The van der Waals surface area contributed by atoms with Crippen molar-refractivity contribution in [3.05, 3.63) is 179 Å². The van der Waals surface area contributed by atoms with E-state index in [1.165, 1.54) is 114 Å². The van der Waals surface area contributed by atoms with Crippen molar-refractivity contribution < 1.29 is 38.2 Å². The van der Waals surface area contributed by atoms with Crippen LogP contribution in [0.3, 0.4) is 0 Å². The molecule has 120 heavy (non-hydrogen) atoms. The second-order valence-corrected chi connectivity index (χ2v) is 37.4. The number of nitrogens with two attached hydrogens (primary N) is 2. The lowest BCUT2D eigenvalue weighted by molar-refractivity contribution is -0.119. The number of rotatable bonds is 24. The maximum atomic E-state index is 13.8. The fourth-order valence-corrected chi connectivity index (χ4v) is 22.1.